The van der Waals surface area contributed by atoms with Crippen LogP contribution in [0, 0.1) is 6.92 Å². The smallest absolute Gasteiger partial charge is 0.264 e. The van der Waals surface area contributed by atoms with Gasteiger partial charge in [-0.15, -0.1) is 0 Å². The van der Waals surface area contributed by atoms with Crippen molar-refractivity contribution in [3.05, 3.63) is 57.5 Å². The lowest BCUT2D eigenvalue weighted by Crippen LogP contribution is -2.19. The summed E-state index contributed by atoms with van der Waals surface area (Å²) in [5.74, 6) is 1.05. The molecule has 0 radical (unpaired) electrons. The van der Waals surface area contributed by atoms with Crippen LogP contribution in [-0.4, -0.2) is 25.3 Å². The van der Waals surface area contributed by atoms with Crippen molar-refractivity contribution in [3.63, 3.8) is 0 Å². The topological polar surface area (TPSA) is 59.9 Å². The summed E-state index contributed by atoms with van der Waals surface area (Å²) < 4.78 is 10.5. The molecule has 26 heavy (non-hydrogen) atoms. The molecule has 0 aromatic heterocycles. The highest BCUT2D eigenvalue weighted by Crippen LogP contribution is 2.33. The van der Waals surface area contributed by atoms with Crippen molar-refractivity contribution < 1.29 is 14.3 Å². The van der Waals surface area contributed by atoms with Crippen LogP contribution in [0.5, 0.6) is 11.5 Å². The fourth-order valence-corrected chi connectivity index (χ4v) is 3.41. The number of ether oxygens (including phenoxy) is 2. The molecule has 1 heterocycles. The average molecular weight is 389 g/mol. The van der Waals surface area contributed by atoms with Crippen LogP contribution in [0.4, 0.5) is 5.69 Å². The highest BCUT2D eigenvalue weighted by molar-refractivity contribution is 8.18. The number of benzene rings is 2. The maximum atomic E-state index is 12.2. The number of amides is 1. The zero-order chi connectivity index (χ0) is 18.7. The third-order valence-corrected chi connectivity index (χ3v) is 5.14. The summed E-state index contributed by atoms with van der Waals surface area (Å²) in [5.41, 5.74) is 2.43. The van der Waals surface area contributed by atoms with E-state index in [1.807, 2.05) is 37.3 Å². The average Bonchev–Trinajstić information content (AvgIpc) is 2.98. The molecule has 0 aliphatic carbocycles. The number of methoxy groups -OCH3 is 2. The highest BCUT2D eigenvalue weighted by Gasteiger charge is 2.24. The lowest BCUT2D eigenvalue weighted by molar-refractivity contribution is -0.115. The van der Waals surface area contributed by atoms with Gasteiger partial charge < -0.3 is 14.8 Å². The Balaban J connectivity index is 1.87. The Labute approximate surface area is 161 Å². The second kappa shape index (κ2) is 7.85. The summed E-state index contributed by atoms with van der Waals surface area (Å²) in [7, 11) is 3.15. The Morgan fingerprint density at radius 3 is 2.65 bits per heavy atom. The van der Waals surface area contributed by atoms with Gasteiger partial charge in [0.15, 0.2) is 16.7 Å². The van der Waals surface area contributed by atoms with Gasteiger partial charge in [-0.1, -0.05) is 23.7 Å². The number of rotatable bonds is 4. The van der Waals surface area contributed by atoms with Crippen LogP contribution in [0.3, 0.4) is 0 Å². The third kappa shape index (κ3) is 3.86. The molecule has 134 valence electrons. The molecule has 2 aromatic rings. The Hall–Kier alpha value is -2.44. The molecule has 1 aliphatic heterocycles. The second-order valence-electron chi connectivity index (χ2n) is 5.48. The lowest BCUT2D eigenvalue weighted by Gasteiger charge is -2.07. The maximum Gasteiger partial charge on any atom is 0.264 e. The van der Waals surface area contributed by atoms with E-state index in [0.717, 1.165) is 16.8 Å². The predicted molar refractivity (Wildman–Crippen MR) is 107 cm³/mol. The summed E-state index contributed by atoms with van der Waals surface area (Å²) in [6, 6.07) is 11.0. The summed E-state index contributed by atoms with van der Waals surface area (Å²) in [5, 5.41) is 3.94. The van der Waals surface area contributed by atoms with E-state index < -0.39 is 0 Å². The van der Waals surface area contributed by atoms with Gasteiger partial charge in [-0.25, -0.2) is 4.99 Å². The van der Waals surface area contributed by atoms with E-state index in [0.29, 0.717) is 26.6 Å². The van der Waals surface area contributed by atoms with Crippen molar-refractivity contribution in [1.29, 1.82) is 0 Å². The van der Waals surface area contributed by atoms with Crippen molar-refractivity contribution in [2.24, 2.45) is 4.99 Å². The van der Waals surface area contributed by atoms with Gasteiger partial charge >= 0.3 is 0 Å². The molecule has 5 nitrogen and oxygen atoms in total. The Morgan fingerprint density at radius 2 is 1.92 bits per heavy atom. The number of hydrogen-bond donors (Lipinski definition) is 1. The third-order valence-electron chi connectivity index (χ3n) is 3.82. The van der Waals surface area contributed by atoms with Crippen molar-refractivity contribution >= 4 is 46.2 Å². The van der Waals surface area contributed by atoms with Gasteiger partial charge in [0.25, 0.3) is 5.91 Å². The summed E-state index contributed by atoms with van der Waals surface area (Å²) in [4.78, 5) is 17.3. The Bertz CT molecular complexity index is 925. The maximum absolute atomic E-state index is 12.2. The summed E-state index contributed by atoms with van der Waals surface area (Å²) >= 11 is 7.40. The molecule has 0 atom stereocenters. The van der Waals surface area contributed by atoms with E-state index in [1.165, 1.54) is 11.8 Å². The molecule has 1 amide bonds. The quantitative estimate of drug-likeness (QED) is 0.780. The minimum Gasteiger partial charge on any atom is -0.493 e. The molecule has 3 rings (SSSR count). The van der Waals surface area contributed by atoms with E-state index in [-0.39, 0.29) is 5.91 Å². The first-order chi connectivity index (χ1) is 12.5. The van der Waals surface area contributed by atoms with Crippen molar-refractivity contribution in [2.75, 3.05) is 14.2 Å². The van der Waals surface area contributed by atoms with Gasteiger partial charge in [-0.3, -0.25) is 4.79 Å². The summed E-state index contributed by atoms with van der Waals surface area (Å²) in [6.45, 7) is 1.89. The van der Waals surface area contributed by atoms with Crippen LogP contribution in [0.1, 0.15) is 11.1 Å². The van der Waals surface area contributed by atoms with Crippen LogP contribution in [0.15, 0.2) is 46.3 Å². The number of carbonyl (C=O) groups excluding carboxylic acids is 1. The molecule has 0 spiro atoms. The second-order valence-corrected chi connectivity index (χ2v) is 6.92. The molecule has 1 fully saturated rings. The van der Waals surface area contributed by atoms with Crippen LogP contribution < -0.4 is 14.8 Å². The van der Waals surface area contributed by atoms with Gasteiger partial charge in [-0.2, -0.15) is 0 Å². The van der Waals surface area contributed by atoms with Gasteiger partial charge in [0, 0.05) is 5.02 Å². The zero-order valence-corrected chi connectivity index (χ0v) is 16.1. The number of carbonyl (C=O) groups is 1. The summed E-state index contributed by atoms with van der Waals surface area (Å²) in [6.07, 6.45) is 1.79. The SMILES string of the molecule is COc1ccc(/C=C2\SC(=Nc3cccc(Cl)c3C)NC2=O)cc1OC. The fourth-order valence-electron chi connectivity index (χ4n) is 2.40. The van der Waals surface area contributed by atoms with Crippen molar-refractivity contribution in [3.8, 4) is 11.5 Å². The van der Waals surface area contributed by atoms with Gasteiger partial charge in [0.05, 0.1) is 24.8 Å². The fraction of sp³-hybridized carbons (Fsp3) is 0.158. The molecule has 0 saturated carbocycles. The number of nitrogens with zero attached hydrogens (tertiary/aromatic N) is 1. The van der Waals surface area contributed by atoms with Crippen molar-refractivity contribution in [1.82, 2.24) is 5.32 Å². The van der Waals surface area contributed by atoms with E-state index in [4.69, 9.17) is 21.1 Å². The van der Waals surface area contributed by atoms with E-state index in [9.17, 15) is 4.79 Å². The van der Waals surface area contributed by atoms with Gasteiger partial charge in [0.1, 0.15) is 0 Å². The molecule has 0 unspecified atom stereocenters. The predicted octanol–water partition coefficient (Wildman–Crippen LogP) is 4.56. The first kappa shape index (κ1) is 18.4. The highest BCUT2D eigenvalue weighted by atomic mass is 35.5. The number of aliphatic imine (C=N–C) groups is 1. The largest absolute Gasteiger partial charge is 0.493 e. The molecule has 0 bridgehead atoms. The van der Waals surface area contributed by atoms with Gasteiger partial charge in [-0.05, 0) is 60.2 Å². The first-order valence-electron chi connectivity index (χ1n) is 7.78. The monoisotopic (exact) mass is 388 g/mol. The van der Waals surface area contributed by atoms with E-state index >= 15 is 0 Å². The lowest BCUT2D eigenvalue weighted by atomic mass is 10.2. The van der Waals surface area contributed by atoms with Crippen LogP contribution in [-0.2, 0) is 4.79 Å². The molecule has 2 aromatic carbocycles. The molecule has 1 aliphatic rings. The number of thioether (sulfide) groups is 1. The van der Waals surface area contributed by atoms with Crippen molar-refractivity contribution in [2.45, 2.75) is 6.92 Å². The minimum absolute atomic E-state index is 0.191. The van der Waals surface area contributed by atoms with Gasteiger partial charge in [0.2, 0.25) is 0 Å². The standard InChI is InChI=1S/C19H17ClN2O3S/c1-11-13(20)5-4-6-14(11)21-19-22-18(23)17(26-19)10-12-7-8-15(24-2)16(9-12)25-3/h4-10H,1-3H3,(H,21,22,23)/b17-10-. The van der Waals surface area contributed by atoms with Crippen LogP contribution in [0.2, 0.25) is 5.02 Å². The number of amidine groups is 1. The molecule has 1 saturated heterocycles. The van der Waals surface area contributed by atoms with E-state index in [2.05, 4.69) is 10.3 Å². The normalized spacial score (nSPS) is 16.8. The first-order valence-corrected chi connectivity index (χ1v) is 8.98. The van der Waals surface area contributed by atoms with E-state index in [1.54, 1.807) is 26.4 Å². The van der Waals surface area contributed by atoms with Crippen LogP contribution >= 0.6 is 23.4 Å². The molecule has 1 N–H and O–H groups in total. The zero-order valence-electron chi connectivity index (χ0n) is 14.5. The Morgan fingerprint density at radius 1 is 1.15 bits per heavy atom. The molecular weight excluding hydrogens is 372 g/mol. The number of halogens is 1. The number of hydrogen-bond acceptors (Lipinski definition) is 5. The number of nitrogens with one attached hydrogen (secondary N) is 1. The Kier molecular flexibility index (Phi) is 5.54. The molecular formula is C19H17ClN2O3S. The minimum atomic E-state index is -0.191. The van der Waals surface area contributed by atoms with Crippen LogP contribution in [0.25, 0.3) is 6.08 Å². The molecule has 7 heteroatoms.